The van der Waals surface area contributed by atoms with Gasteiger partial charge in [0.25, 0.3) is 0 Å². The van der Waals surface area contributed by atoms with Gasteiger partial charge in [-0.2, -0.15) is 0 Å². The first-order valence-corrected chi connectivity index (χ1v) is 11.9. The molecule has 1 spiro atoms. The highest BCUT2D eigenvalue weighted by Crippen LogP contribution is 2.69. The highest BCUT2D eigenvalue weighted by atomic mass is 16.5. The number of amides is 2. The number of methoxy groups -OCH3 is 2. The van der Waals surface area contributed by atoms with Gasteiger partial charge < -0.3 is 20.1 Å². The Bertz CT molecular complexity index is 938. The van der Waals surface area contributed by atoms with Crippen LogP contribution in [0.25, 0.3) is 0 Å². The Morgan fingerprint density at radius 1 is 1.16 bits per heavy atom. The molecule has 3 aliphatic carbocycles. The van der Waals surface area contributed by atoms with Crippen LogP contribution in [0.4, 0.5) is 0 Å². The maximum absolute atomic E-state index is 12.7. The number of hydrogen-bond acceptors (Lipinski definition) is 4. The SMILES string of the molecule is COc1ccc(C[C@@]2(CCC(=O)NC[C@@H]3C[C@@H]4C=C[C@@H]3C43CC3)CCC(=O)N2)cc1OC. The largest absolute Gasteiger partial charge is 0.493 e. The first-order valence-electron chi connectivity index (χ1n) is 11.9. The predicted molar refractivity (Wildman–Crippen MR) is 121 cm³/mol. The van der Waals surface area contributed by atoms with Crippen LogP contribution < -0.4 is 20.1 Å². The van der Waals surface area contributed by atoms with Crippen molar-refractivity contribution in [1.82, 2.24) is 10.6 Å². The van der Waals surface area contributed by atoms with E-state index in [1.165, 1.54) is 19.3 Å². The van der Waals surface area contributed by atoms with Crippen molar-refractivity contribution in [2.45, 2.75) is 56.9 Å². The second kappa shape index (κ2) is 8.13. The molecule has 2 saturated carbocycles. The fraction of sp³-hybridized carbons (Fsp3) is 0.615. The number of ether oxygens (including phenoxy) is 2. The fourth-order valence-corrected chi connectivity index (χ4v) is 6.61. The molecule has 1 heterocycles. The Balaban J connectivity index is 1.18. The highest BCUT2D eigenvalue weighted by Gasteiger charge is 2.62. The minimum atomic E-state index is -0.388. The van der Waals surface area contributed by atoms with E-state index in [0.717, 1.165) is 24.4 Å². The van der Waals surface area contributed by atoms with Crippen LogP contribution in [0.3, 0.4) is 0 Å². The summed E-state index contributed by atoms with van der Waals surface area (Å²) < 4.78 is 10.8. The second-order valence-electron chi connectivity index (χ2n) is 10.2. The summed E-state index contributed by atoms with van der Waals surface area (Å²) in [6.45, 7) is 0.779. The summed E-state index contributed by atoms with van der Waals surface area (Å²) in [7, 11) is 3.24. The van der Waals surface area contributed by atoms with Crippen LogP contribution >= 0.6 is 0 Å². The second-order valence-corrected chi connectivity index (χ2v) is 10.2. The monoisotopic (exact) mass is 438 g/mol. The molecule has 4 aliphatic rings. The van der Waals surface area contributed by atoms with Crippen LogP contribution in [0.1, 0.15) is 50.5 Å². The Morgan fingerprint density at radius 3 is 2.62 bits per heavy atom. The van der Waals surface area contributed by atoms with Gasteiger partial charge in [-0.15, -0.1) is 0 Å². The molecule has 1 aromatic carbocycles. The molecule has 6 nitrogen and oxygen atoms in total. The van der Waals surface area contributed by atoms with E-state index in [9.17, 15) is 9.59 Å². The topological polar surface area (TPSA) is 76.7 Å². The first kappa shape index (κ1) is 21.4. The number of carbonyl (C=O) groups excluding carboxylic acids is 2. The molecule has 2 amide bonds. The van der Waals surface area contributed by atoms with Crippen LogP contribution in [-0.4, -0.2) is 38.1 Å². The fourth-order valence-electron chi connectivity index (χ4n) is 6.61. The average molecular weight is 439 g/mol. The van der Waals surface area contributed by atoms with Crippen LogP contribution in [0.2, 0.25) is 0 Å². The van der Waals surface area contributed by atoms with Crippen molar-refractivity contribution in [1.29, 1.82) is 0 Å². The van der Waals surface area contributed by atoms with Gasteiger partial charge in [0.15, 0.2) is 11.5 Å². The summed E-state index contributed by atoms with van der Waals surface area (Å²) in [6, 6.07) is 5.85. The molecule has 2 bridgehead atoms. The summed E-state index contributed by atoms with van der Waals surface area (Å²) >= 11 is 0. The molecular weight excluding hydrogens is 404 g/mol. The molecule has 1 saturated heterocycles. The van der Waals surface area contributed by atoms with Gasteiger partial charge in [-0.1, -0.05) is 18.2 Å². The molecule has 0 radical (unpaired) electrons. The highest BCUT2D eigenvalue weighted by molar-refractivity contribution is 5.80. The van der Waals surface area contributed by atoms with E-state index in [1.54, 1.807) is 14.2 Å². The van der Waals surface area contributed by atoms with E-state index in [-0.39, 0.29) is 17.4 Å². The third-order valence-corrected chi connectivity index (χ3v) is 8.46. The van der Waals surface area contributed by atoms with E-state index in [1.807, 2.05) is 18.2 Å². The quantitative estimate of drug-likeness (QED) is 0.580. The van der Waals surface area contributed by atoms with E-state index >= 15 is 0 Å². The summed E-state index contributed by atoms with van der Waals surface area (Å²) in [6.07, 6.45) is 11.8. The molecule has 172 valence electrons. The van der Waals surface area contributed by atoms with Gasteiger partial charge >= 0.3 is 0 Å². The molecule has 32 heavy (non-hydrogen) atoms. The number of allylic oxidation sites excluding steroid dienone is 2. The lowest BCUT2D eigenvalue weighted by atomic mass is 9.84. The first-order chi connectivity index (χ1) is 15.5. The summed E-state index contributed by atoms with van der Waals surface area (Å²) in [4.78, 5) is 24.8. The molecule has 6 heteroatoms. The van der Waals surface area contributed by atoms with Crippen molar-refractivity contribution in [3.63, 3.8) is 0 Å². The molecule has 4 atom stereocenters. The van der Waals surface area contributed by atoms with Crippen molar-refractivity contribution in [2.24, 2.45) is 23.2 Å². The van der Waals surface area contributed by atoms with E-state index in [4.69, 9.17) is 9.47 Å². The maximum atomic E-state index is 12.7. The number of carbonyl (C=O) groups is 2. The van der Waals surface area contributed by atoms with Gasteiger partial charge in [0, 0.05) is 24.9 Å². The molecule has 0 aromatic heterocycles. The Hall–Kier alpha value is -2.50. The minimum Gasteiger partial charge on any atom is -0.493 e. The van der Waals surface area contributed by atoms with E-state index in [0.29, 0.717) is 54.4 Å². The molecule has 1 aromatic rings. The number of benzene rings is 1. The van der Waals surface area contributed by atoms with Gasteiger partial charge in [-0.05, 0) is 79.4 Å². The standard InChI is InChI=1S/C26H34N2O4/c1-31-21-6-3-17(13-22(21)32-2)15-25(10-8-24(30)28-25)9-7-23(29)27-16-18-14-19-4-5-20(18)26(19)11-12-26/h3-6,13,18-20H,7-12,14-16H2,1-2H3,(H,27,29)(H,28,30)/t18-,19-,20-,25+/m0/s1. The molecule has 3 fully saturated rings. The molecule has 1 aliphatic heterocycles. The average Bonchev–Trinajstić information content (AvgIpc) is 3.33. The van der Waals surface area contributed by atoms with Crippen molar-refractivity contribution in [2.75, 3.05) is 20.8 Å². The van der Waals surface area contributed by atoms with E-state index in [2.05, 4.69) is 22.8 Å². The Kier molecular flexibility index (Phi) is 5.42. The maximum Gasteiger partial charge on any atom is 0.220 e. The summed E-state index contributed by atoms with van der Waals surface area (Å²) in [5.41, 5.74) is 1.24. The number of nitrogens with one attached hydrogen (secondary N) is 2. The zero-order valence-electron chi connectivity index (χ0n) is 19.1. The van der Waals surface area contributed by atoms with Gasteiger partial charge in [0.2, 0.25) is 11.8 Å². The van der Waals surface area contributed by atoms with Gasteiger partial charge in [-0.3, -0.25) is 9.59 Å². The minimum absolute atomic E-state index is 0.0642. The summed E-state index contributed by atoms with van der Waals surface area (Å²) in [5.74, 6) is 3.51. The van der Waals surface area contributed by atoms with Crippen LogP contribution in [0.5, 0.6) is 11.5 Å². The number of hydrogen-bond donors (Lipinski definition) is 2. The Morgan fingerprint density at radius 2 is 1.97 bits per heavy atom. The van der Waals surface area contributed by atoms with Gasteiger partial charge in [-0.25, -0.2) is 0 Å². The van der Waals surface area contributed by atoms with Crippen LogP contribution in [0, 0.1) is 23.2 Å². The molecule has 0 unspecified atom stereocenters. The van der Waals surface area contributed by atoms with E-state index < -0.39 is 0 Å². The smallest absolute Gasteiger partial charge is 0.220 e. The van der Waals surface area contributed by atoms with Crippen molar-refractivity contribution < 1.29 is 19.1 Å². The lowest BCUT2D eigenvalue weighted by Gasteiger charge is -2.30. The lowest BCUT2D eigenvalue weighted by molar-refractivity contribution is -0.123. The zero-order valence-corrected chi connectivity index (χ0v) is 19.1. The van der Waals surface area contributed by atoms with Crippen LogP contribution in [-0.2, 0) is 16.0 Å². The lowest BCUT2D eigenvalue weighted by Crippen LogP contribution is -2.44. The van der Waals surface area contributed by atoms with Crippen molar-refractivity contribution in [3.8, 4) is 11.5 Å². The van der Waals surface area contributed by atoms with Crippen molar-refractivity contribution in [3.05, 3.63) is 35.9 Å². The third kappa shape index (κ3) is 3.78. The third-order valence-electron chi connectivity index (χ3n) is 8.46. The molecular formula is C26H34N2O4. The van der Waals surface area contributed by atoms with Crippen LogP contribution in [0.15, 0.2) is 30.4 Å². The normalized spacial score (nSPS) is 31.1. The van der Waals surface area contributed by atoms with Crippen molar-refractivity contribution >= 4 is 11.8 Å². The zero-order chi connectivity index (χ0) is 22.3. The molecule has 2 N–H and O–H groups in total. The predicted octanol–water partition coefficient (Wildman–Crippen LogP) is 3.39. The molecule has 5 rings (SSSR count). The Labute approximate surface area is 190 Å². The van der Waals surface area contributed by atoms with Gasteiger partial charge in [0.1, 0.15) is 0 Å². The summed E-state index contributed by atoms with van der Waals surface area (Å²) in [5, 5.41) is 6.38. The van der Waals surface area contributed by atoms with Gasteiger partial charge in [0.05, 0.1) is 14.2 Å². The number of rotatable bonds is 9.